The maximum Gasteiger partial charge on any atom is 0.249 e. The molecule has 0 aromatic rings. The summed E-state index contributed by atoms with van der Waals surface area (Å²) in [5, 5.41) is 12.4. The van der Waals surface area contributed by atoms with Crippen molar-refractivity contribution < 1.29 is 19.5 Å². The van der Waals surface area contributed by atoms with Gasteiger partial charge in [-0.15, -0.1) is 0 Å². The third-order valence-electron chi connectivity index (χ3n) is 4.42. The molecule has 0 aromatic heterocycles. The van der Waals surface area contributed by atoms with Gasteiger partial charge in [-0.25, -0.2) is 0 Å². The molecule has 1 heterocycles. The number of nitrogens with two attached hydrogens (primary N) is 2. The average molecular weight is 314 g/mol. The fraction of sp³-hybridized carbons (Fsp3) is 0.786. The van der Waals surface area contributed by atoms with Crippen molar-refractivity contribution in [3.8, 4) is 0 Å². The van der Waals surface area contributed by atoms with Gasteiger partial charge in [0.1, 0.15) is 11.6 Å². The number of carbonyl (C=O) groups excluding carboxylic acids is 3. The lowest BCUT2D eigenvalue weighted by Gasteiger charge is -2.41. The average Bonchev–Trinajstić information content (AvgIpc) is 2.58. The Labute approximate surface area is 130 Å². The zero-order chi connectivity index (χ0) is 17.4. The molecule has 0 saturated carbocycles. The first-order valence-electron chi connectivity index (χ1n) is 7.32. The van der Waals surface area contributed by atoms with Crippen LogP contribution in [0.5, 0.6) is 0 Å². The molecule has 8 heteroatoms. The molecule has 1 rings (SSSR count). The monoisotopic (exact) mass is 314 g/mol. The molecule has 126 valence electrons. The molecule has 0 aromatic carbocycles. The number of nitrogens with one attached hydrogen (secondary N) is 1. The number of carbonyl (C=O) groups is 3. The minimum atomic E-state index is -1.25. The molecule has 6 N–H and O–H groups in total. The summed E-state index contributed by atoms with van der Waals surface area (Å²) in [6.45, 7) is 8.07. The third kappa shape index (κ3) is 2.93. The smallest absolute Gasteiger partial charge is 0.249 e. The molecule has 1 aliphatic heterocycles. The molecular weight excluding hydrogens is 288 g/mol. The van der Waals surface area contributed by atoms with Gasteiger partial charge in [0.15, 0.2) is 0 Å². The molecular formula is C14H26N4O4. The van der Waals surface area contributed by atoms with E-state index in [0.29, 0.717) is 0 Å². The summed E-state index contributed by atoms with van der Waals surface area (Å²) in [7, 11) is 0. The van der Waals surface area contributed by atoms with E-state index in [9.17, 15) is 19.5 Å². The van der Waals surface area contributed by atoms with E-state index in [-0.39, 0.29) is 0 Å². The van der Waals surface area contributed by atoms with Crippen LogP contribution < -0.4 is 16.8 Å². The van der Waals surface area contributed by atoms with Crippen molar-refractivity contribution in [2.45, 2.75) is 64.4 Å². The summed E-state index contributed by atoms with van der Waals surface area (Å²) in [6.07, 6.45) is -1.13. The van der Waals surface area contributed by atoms with Crippen LogP contribution >= 0.6 is 0 Å². The standard InChI is InChI=1S/C14H26N4O4/c1-6(2)18(10(8(4)19)11(16)20)13(22)14(5)7(3)9(15)12(21)17-14/h6-10,19H,15H2,1-5H3,(H2,16,20)(H,17,21)/t7?,8-,9?,10+,14?/m1/s1. The summed E-state index contributed by atoms with van der Waals surface area (Å²) in [6, 6.07) is -2.37. The second-order valence-electron chi connectivity index (χ2n) is 6.40. The van der Waals surface area contributed by atoms with E-state index in [4.69, 9.17) is 11.5 Å². The van der Waals surface area contributed by atoms with Gasteiger partial charge < -0.3 is 26.8 Å². The van der Waals surface area contributed by atoms with E-state index >= 15 is 0 Å². The Hall–Kier alpha value is -1.67. The topological polar surface area (TPSA) is 139 Å². The second-order valence-corrected chi connectivity index (χ2v) is 6.40. The molecule has 1 aliphatic rings. The van der Waals surface area contributed by atoms with Gasteiger partial charge >= 0.3 is 0 Å². The number of rotatable bonds is 5. The van der Waals surface area contributed by atoms with Crippen molar-refractivity contribution in [1.82, 2.24) is 10.2 Å². The lowest BCUT2D eigenvalue weighted by Crippen LogP contribution is -2.64. The van der Waals surface area contributed by atoms with Crippen LogP contribution in [0.25, 0.3) is 0 Å². The lowest BCUT2D eigenvalue weighted by molar-refractivity contribution is -0.151. The van der Waals surface area contributed by atoms with Gasteiger partial charge in [0.05, 0.1) is 12.1 Å². The minimum Gasteiger partial charge on any atom is -0.391 e. The Bertz CT molecular complexity index is 479. The first kappa shape index (κ1) is 18.4. The summed E-state index contributed by atoms with van der Waals surface area (Å²) in [5.74, 6) is -2.17. The van der Waals surface area contributed by atoms with Crippen LogP contribution in [0.1, 0.15) is 34.6 Å². The maximum atomic E-state index is 13.0. The number of primary amides is 1. The summed E-state index contributed by atoms with van der Waals surface area (Å²) < 4.78 is 0. The van der Waals surface area contributed by atoms with E-state index in [1.54, 1.807) is 27.7 Å². The maximum absolute atomic E-state index is 13.0. The molecule has 8 nitrogen and oxygen atoms in total. The highest BCUT2D eigenvalue weighted by Gasteiger charge is 2.54. The Balaban J connectivity index is 3.25. The van der Waals surface area contributed by atoms with Gasteiger partial charge in [-0.3, -0.25) is 14.4 Å². The minimum absolute atomic E-state index is 0.391. The first-order valence-corrected chi connectivity index (χ1v) is 7.32. The van der Waals surface area contributed by atoms with Crippen LogP contribution in [-0.4, -0.2) is 57.5 Å². The van der Waals surface area contributed by atoms with Crippen LogP contribution in [-0.2, 0) is 14.4 Å². The lowest BCUT2D eigenvalue weighted by atomic mass is 9.84. The van der Waals surface area contributed by atoms with Crippen molar-refractivity contribution in [1.29, 1.82) is 0 Å². The Morgan fingerprint density at radius 3 is 2.14 bits per heavy atom. The van der Waals surface area contributed by atoms with Gasteiger partial charge in [0.25, 0.3) is 0 Å². The fourth-order valence-corrected chi connectivity index (χ4v) is 2.84. The van der Waals surface area contributed by atoms with Crippen molar-refractivity contribution in [3.63, 3.8) is 0 Å². The van der Waals surface area contributed by atoms with Crippen LogP contribution in [0.2, 0.25) is 0 Å². The predicted octanol–water partition coefficient (Wildman–Crippen LogP) is -1.69. The highest BCUT2D eigenvalue weighted by atomic mass is 16.3. The number of aliphatic hydroxyl groups is 1. The van der Waals surface area contributed by atoms with E-state index < -0.39 is 53.4 Å². The van der Waals surface area contributed by atoms with Crippen molar-refractivity contribution in [2.24, 2.45) is 17.4 Å². The zero-order valence-electron chi connectivity index (χ0n) is 13.7. The van der Waals surface area contributed by atoms with Gasteiger partial charge in [-0.05, 0) is 27.7 Å². The molecule has 1 fully saturated rings. The van der Waals surface area contributed by atoms with Gasteiger partial charge in [-0.2, -0.15) is 0 Å². The number of aliphatic hydroxyl groups excluding tert-OH is 1. The fourth-order valence-electron chi connectivity index (χ4n) is 2.84. The van der Waals surface area contributed by atoms with Gasteiger partial charge in [0, 0.05) is 12.0 Å². The predicted molar refractivity (Wildman–Crippen MR) is 80.3 cm³/mol. The zero-order valence-corrected chi connectivity index (χ0v) is 13.7. The van der Waals surface area contributed by atoms with Gasteiger partial charge in [-0.1, -0.05) is 6.92 Å². The molecule has 1 saturated heterocycles. The summed E-state index contributed by atoms with van der Waals surface area (Å²) >= 11 is 0. The molecule has 5 atom stereocenters. The van der Waals surface area contributed by atoms with Crippen LogP contribution in [0.15, 0.2) is 0 Å². The molecule has 3 amide bonds. The Morgan fingerprint density at radius 2 is 1.86 bits per heavy atom. The Kier molecular flexibility index (Phi) is 5.19. The van der Waals surface area contributed by atoms with E-state index in [0.717, 1.165) is 0 Å². The first-order chi connectivity index (χ1) is 9.95. The van der Waals surface area contributed by atoms with Gasteiger partial charge in [0.2, 0.25) is 17.7 Å². The molecule has 0 radical (unpaired) electrons. The number of amides is 3. The van der Waals surface area contributed by atoms with E-state index in [2.05, 4.69) is 5.32 Å². The number of nitrogens with zero attached hydrogens (tertiary/aromatic N) is 1. The van der Waals surface area contributed by atoms with Crippen LogP contribution in [0.3, 0.4) is 0 Å². The van der Waals surface area contributed by atoms with Crippen molar-refractivity contribution >= 4 is 17.7 Å². The third-order valence-corrected chi connectivity index (χ3v) is 4.42. The highest BCUT2D eigenvalue weighted by molar-refractivity contribution is 5.99. The normalized spacial score (nSPS) is 30.8. The number of hydrogen-bond donors (Lipinski definition) is 4. The number of hydrogen-bond acceptors (Lipinski definition) is 5. The quantitative estimate of drug-likeness (QED) is 0.479. The second kappa shape index (κ2) is 6.21. The molecule has 0 aliphatic carbocycles. The summed E-state index contributed by atoms with van der Waals surface area (Å²) in [4.78, 5) is 37.7. The van der Waals surface area contributed by atoms with Crippen molar-refractivity contribution in [2.75, 3.05) is 0 Å². The molecule has 0 bridgehead atoms. The molecule has 0 spiro atoms. The van der Waals surface area contributed by atoms with Crippen LogP contribution in [0, 0.1) is 5.92 Å². The Morgan fingerprint density at radius 1 is 1.36 bits per heavy atom. The molecule has 3 unspecified atom stereocenters. The summed E-state index contributed by atoms with van der Waals surface area (Å²) in [5.41, 5.74) is 9.88. The van der Waals surface area contributed by atoms with E-state index in [1.807, 2.05) is 0 Å². The highest BCUT2D eigenvalue weighted by Crippen LogP contribution is 2.30. The largest absolute Gasteiger partial charge is 0.391 e. The SMILES string of the molecule is CC(C)N(C(=O)C1(C)NC(=O)C(N)C1C)[C@H](C(N)=O)[C@@H](C)O. The van der Waals surface area contributed by atoms with Crippen LogP contribution in [0.4, 0.5) is 0 Å². The van der Waals surface area contributed by atoms with E-state index in [1.165, 1.54) is 11.8 Å². The molecule has 22 heavy (non-hydrogen) atoms. The van der Waals surface area contributed by atoms with Crippen molar-refractivity contribution in [3.05, 3.63) is 0 Å².